The zero-order chi connectivity index (χ0) is 29.9. The van der Waals surface area contributed by atoms with Gasteiger partial charge in [0.1, 0.15) is 24.2 Å². The van der Waals surface area contributed by atoms with Gasteiger partial charge in [0.25, 0.3) is 5.92 Å². The zero-order valence-corrected chi connectivity index (χ0v) is 24.2. The second kappa shape index (κ2) is 12.3. The summed E-state index contributed by atoms with van der Waals surface area (Å²) >= 11 is 0. The Morgan fingerprint density at radius 3 is 2.43 bits per heavy atom. The fourth-order valence-electron chi connectivity index (χ4n) is 4.54. The van der Waals surface area contributed by atoms with Crippen LogP contribution < -0.4 is 9.47 Å². The number of aromatic nitrogens is 4. The van der Waals surface area contributed by atoms with Gasteiger partial charge in [-0.1, -0.05) is 42.5 Å². The van der Waals surface area contributed by atoms with Gasteiger partial charge in [0.05, 0.1) is 12.8 Å². The number of nitrogens with zero attached hydrogens (tertiary/aromatic N) is 4. The van der Waals surface area contributed by atoms with Gasteiger partial charge in [0.2, 0.25) is 11.8 Å². The van der Waals surface area contributed by atoms with Crippen molar-refractivity contribution in [1.29, 1.82) is 0 Å². The molecule has 1 aromatic carbocycles. The molecule has 218 valence electrons. The minimum Gasteiger partial charge on any atom is -0.480 e. The number of carbonyl (C=O) groups is 1. The summed E-state index contributed by atoms with van der Waals surface area (Å²) in [4.78, 5) is 30.1. The third kappa shape index (κ3) is 7.13. The summed E-state index contributed by atoms with van der Waals surface area (Å²) < 4.78 is 39.8. The van der Waals surface area contributed by atoms with Crippen LogP contribution in [0.15, 0.2) is 66.5 Å². The van der Waals surface area contributed by atoms with Crippen molar-refractivity contribution >= 4 is 11.4 Å². The standard InChI is InChI=1S/C33H34F2N4O3/c1-5-26(33(3,34)35)16-25(13-8-21-6-7-21)23-11-9-22(10-12-23)18-42-28-17-27(20(2)40)38-31(39-28)29-30(24-14-15-24)36-19-37-32(29)41-4/h5,8-13,16-17,19,21,24H,6-7,14-15,18H2,1-4H3/b13-8?,25-16+,26-5+. The lowest BCUT2D eigenvalue weighted by Gasteiger charge is -2.14. The minimum atomic E-state index is -2.94. The van der Waals surface area contributed by atoms with E-state index >= 15 is 0 Å². The first kappa shape index (κ1) is 29.2. The Morgan fingerprint density at radius 1 is 1.10 bits per heavy atom. The van der Waals surface area contributed by atoms with E-state index in [-0.39, 0.29) is 41.3 Å². The first-order valence-corrected chi connectivity index (χ1v) is 14.1. The largest absolute Gasteiger partial charge is 0.480 e. The first-order valence-electron chi connectivity index (χ1n) is 14.1. The Bertz CT molecular complexity index is 1550. The van der Waals surface area contributed by atoms with Crippen LogP contribution >= 0.6 is 0 Å². The van der Waals surface area contributed by atoms with E-state index in [9.17, 15) is 13.6 Å². The fourth-order valence-corrected chi connectivity index (χ4v) is 4.54. The quantitative estimate of drug-likeness (QED) is 0.164. The van der Waals surface area contributed by atoms with E-state index in [1.165, 1.54) is 32.5 Å². The molecule has 42 heavy (non-hydrogen) atoms. The van der Waals surface area contributed by atoms with Gasteiger partial charge in [-0.05, 0) is 61.3 Å². The topological polar surface area (TPSA) is 87.1 Å². The average Bonchev–Trinajstić information content (AvgIpc) is 3.90. The van der Waals surface area contributed by atoms with E-state index in [2.05, 4.69) is 26.0 Å². The monoisotopic (exact) mass is 572 g/mol. The number of alkyl halides is 2. The van der Waals surface area contributed by atoms with Crippen LogP contribution in [0, 0.1) is 5.92 Å². The number of carbonyl (C=O) groups excluding carboxylic acids is 1. The number of hydrogen-bond donors (Lipinski definition) is 0. The smallest absolute Gasteiger partial charge is 0.270 e. The normalized spacial score (nSPS) is 16.1. The van der Waals surface area contributed by atoms with Crippen LogP contribution in [0.2, 0.25) is 0 Å². The van der Waals surface area contributed by atoms with Crippen molar-refractivity contribution < 1.29 is 23.0 Å². The molecule has 0 amide bonds. The van der Waals surface area contributed by atoms with Gasteiger partial charge in [-0.25, -0.2) is 23.7 Å². The lowest BCUT2D eigenvalue weighted by atomic mass is 9.98. The van der Waals surface area contributed by atoms with Crippen LogP contribution in [-0.2, 0) is 6.61 Å². The molecule has 0 bridgehead atoms. The molecule has 5 rings (SSSR count). The van der Waals surface area contributed by atoms with Crippen LogP contribution in [0.4, 0.5) is 8.78 Å². The number of hydrogen-bond acceptors (Lipinski definition) is 7. The maximum atomic E-state index is 14.1. The highest BCUT2D eigenvalue weighted by Gasteiger charge is 2.32. The molecule has 0 saturated heterocycles. The van der Waals surface area contributed by atoms with Crippen LogP contribution in [0.3, 0.4) is 0 Å². The Kier molecular flexibility index (Phi) is 8.56. The number of ether oxygens (including phenoxy) is 2. The van der Waals surface area contributed by atoms with Gasteiger partial charge in [-0.3, -0.25) is 4.79 Å². The summed E-state index contributed by atoms with van der Waals surface area (Å²) in [7, 11) is 1.52. The third-order valence-corrected chi connectivity index (χ3v) is 7.26. The van der Waals surface area contributed by atoms with Crippen molar-refractivity contribution in [2.45, 2.75) is 64.9 Å². The summed E-state index contributed by atoms with van der Waals surface area (Å²) in [6.45, 7) is 4.14. The Balaban J connectivity index is 1.39. The molecule has 2 heterocycles. The number of methoxy groups -OCH3 is 1. The molecule has 9 heteroatoms. The zero-order valence-electron chi connectivity index (χ0n) is 24.2. The maximum Gasteiger partial charge on any atom is 0.270 e. The molecule has 2 fully saturated rings. The molecule has 2 aromatic heterocycles. The maximum absolute atomic E-state index is 14.1. The van der Waals surface area contributed by atoms with Crippen LogP contribution in [0.1, 0.15) is 79.7 Å². The van der Waals surface area contributed by atoms with Crippen LogP contribution in [-0.4, -0.2) is 38.8 Å². The number of rotatable bonds is 12. The van der Waals surface area contributed by atoms with Gasteiger partial charge in [-0.15, -0.1) is 0 Å². The van der Waals surface area contributed by atoms with Gasteiger partial charge in [-0.2, -0.15) is 4.98 Å². The van der Waals surface area contributed by atoms with Gasteiger partial charge in [0, 0.05) is 31.4 Å². The van der Waals surface area contributed by atoms with Gasteiger partial charge >= 0.3 is 0 Å². The number of allylic oxidation sites excluding steroid dienone is 6. The summed E-state index contributed by atoms with van der Waals surface area (Å²) in [5.74, 6) is -1.53. The summed E-state index contributed by atoms with van der Waals surface area (Å²) in [6.07, 6.45) is 12.7. The molecule has 3 aromatic rings. The van der Waals surface area contributed by atoms with E-state index in [1.54, 1.807) is 13.0 Å². The van der Waals surface area contributed by atoms with Crippen molar-refractivity contribution in [3.63, 3.8) is 0 Å². The predicted octanol–water partition coefficient (Wildman–Crippen LogP) is 7.55. The van der Waals surface area contributed by atoms with Crippen LogP contribution in [0.5, 0.6) is 11.8 Å². The van der Waals surface area contributed by atoms with Crippen molar-refractivity contribution in [3.8, 4) is 23.1 Å². The van der Waals surface area contributed by atoms with E-state index in [4.69, 9.17) is 9.47 Å². The minimum absolute atomic E-state index is 0.0310. The van der Waals surface area contributed by atoms with E-state index in [1.807, 2.05) is 30.3 Å². The Labute approximate surface area is 244 Å². The summed E-state index contributed by atoms with van der Waals surface area (Å²) in [5.41, 5.74) is 3.94. The molecule has 0 N–H and O–H groups in total. The molecule has 0 aliphatic heterocycles. The van der Waals surface area contributed by atoms with E-state index in [0.717, 1.165) is 55.0 Å². The molecule has 0 unspecified atom stereocenters. The first-order chi connectivity index (χ1) is 20.2. The Hall–Kier alpha value is -4.27. The second-order valence-corrected chi connectivity index (χ2v) is 10.8. The second-order valence-electron chi connectivity index (χ2n) is 10.8. The van der Waals surface area contributed by atoms with Crippen molar-refractivity contribution in [3.05, 3.63) is 89.1 Å². The molecule has 0 spiro atoms. The fraction of sp³-hybridized carbons (Fsp3) is 0.364. The highest BCUT2D eigenvalue weighted by molar-refractivity contribution is 5.93. The van der Waals surface area contributed by atoms with Gasteiger partial charge in [0.15, 0.2) is 11.6 Å². The van der Waals surface area contributed by atoms with Crippen molar-refractivity contribution in [2.75, 3.05) is 7.11 Å². The number of Topliss-reactive ketones (excluding diaryl/α,β-unsaturated/α-hetero) is 1. The van der Waals surface area contributed by atoms with Gasteiger partial charge < -0.3 is 9.47 Å². The molecule has 2 saturated carbocycles. The van der Waals surface area contributed by atoms with E-state index < -0.39 is 5.92 Å². The molecular formula is C33H34F2N4O3. The SMILES string of the molecule is C/C=C(\C=C(/C=CC1CC1)c1ccc(COc2cc(C(C)=O)nc(-c3c(OC)ncnc3C3CC3)n2)cc1)C(C)(F)F. The Morgan fingerprint density at radius 2 is 1.83 bits per heavy atom. The molecule has 2 aliphatic carbocycles. The lowest BCUT2D eigenvalue weighted by Crippen LogP contribution is -2.12. The van der Waals surface area contributed by atoms with E-state index in [0.29, 0.717) is 17.4 Å². The third-order valence-electron chi connectivity index (χ3n) is 7.26. The molecule has 0 radical (unpaired) electrons. The molecule has 0 atom stereocenters. The summed E-state index contributed by atoms with van der Waals surface area (Å²) in [6, 6.07) is 9.08. The highest BCUT2D eigenvalue weighted by Crippen LogP contribution is 2.45. The number of halogens is 2. The highest BCUT2D eigenvalue weighted by atomic mass is 19.3. The average molecular weight is 573 g/mol. The van der Waals surface area contributed by atoms with Crippen LogP contribution in [0.25, 0.3) is 17.0 Å². The van der Waals surface area contributed by atoms with Crippen molar-refractivity contribution in [1.82, 2.24) is 19.9 Å². The van der Waals surface area contributed by atoms with Crippen molar-refractivity contribution in [2.24, 2.45) is 5.92 Å². The summed E-state index contributed by atoms with van der Waals surface area (Å²) in [5, 5.41) is 0. The molecule has 2 aliphatic rings. The molecule has 7 nitrogen and oxygen atoms in total. The lowest BCUT2D eigenvalue weighted by molar-refractivity contribution is 0.0674. The number of ketones is 1. The predicted molar refractivity (Wildman–Crippen MR) is 157 cm³/mol. The molecular weight excluding hydrogens is 538 g/mol. The number of benzene rings is 1.